The summed E-state index contributed by atoms with van der Waals surface area (Å²) in [6, 6.07) is 1.46. The van der Waals surface area contributed by atoms with Crippen molar-refractivity contribution in [3.63, 3.8) is 0 Å². The molecule has 7 nitrogen and oxygen atoms in total. The molecule has 0 aliphatic carbocycles. The number of aliphatic carboxylic acids is 1. The summed E-state index contributed by atoms with van der Waals surface area (Å²) in [6.45, 7) is -0.858. The van der Waals surface area contributed by atoms with Crippen LogP contribution < -0.4 is 10.6 Å². The van der Waals surface area contributed by atoms with Crippen LogP contribution in [0.2, 0.25) is 5.15 Å². The summed E-state index contributed by atoms with van der Waals surface area (Å²) in [5.41, 5.74) is 0.113. The Morgan fingerprint density at radius 1 is 1.32 bits per heavy atom. The quantitative estimate of drug-likeness (QED) is 0.667. The molecule has 0 saturated heterocycles. The standard InChI is InChI=1S/C10H9BrClN3O4/c11-5-1-6(9(12)14-2-5)10(19)15-3-7(16)13-4-8(17)18/h1-2H,3-4H2,(H,13,16)(H,15,19)(H,17,18). The Morgan fingerprint density at radius 3 is 2.63 bits per heavy atom. The fourth-order valence-electron chi connectivity index (χ4n) is 1.07. The second-order valence-electron chi connectivity index (χ2n) is 3.35. The van der Waals surface area contributed by atoms with Gasteiger partial charge in [-0.25, -0.2) is 4.98 Å². The molecule has 19 heavy (non-hydrogen) atoms. The van der Waals surface area contributed by atoms with Crippen molar-refractivity contribution in [1.82, 2.24) is 15.6 Å². The van der Waals surface area contributed by atoms with Crippen LogP contribution in [0.3, 0.4) is 0 Å². The van der Waals surface area contributed by atoms with E-state index in [1.165, 1.54) is 12.3 Å². The van der Waals surface area contributed by atoms with Gasteiger partial charge in [0, 0.05) is 10.7 Å². The predicted octanol–water partition coefficient (Wildman–Crippen LogP) is 0.428. The highest BCUT2D eigenvalue weighted by Gasteiger charge is 2.13. The molecular formula is C10H9BrClN3O4. The maximum absolute atomic E-state index is 11.7. The van der Waals surface area contributed by atoms with E-state index in [0.717, 1.165) is 0 Å². The van der Waals surface area contributed by atoms with Gasteiger partial charge >= 0.3 is 5.97 Å². The summed E-state index contributed by atoms with van der Waals surface area (Å²) in [5.74, 6) is -2.36. The molecule has 0 saturated carbocycles. The number of aromatic nitrogens is 1. The van der Waals surface area contributed by atoms with E-state index in [0.29, 0.717) is 4.47 Å². The van der Waals surface area contributed by atoms with Crippen LogP contribution in [-0.2, 0) is 9.59 Å². The van der Waals surface area contributed by atoms with Crippen molar-refractivity contribution in [1.29, 1.82) is 0 Å². The van der Waals surface area contributed by atoms with Crippen LogP contribution in [0, 0.1) is 0 Å². The average molecular weight is 351 g/mol. The number of nitrogens with zero attached hydrogens (tertiary/aromatic N) is 1. The van der Waals surface area contributed by atoms with E-state index < -0.39 is 24.3 Å². The van der Waals surface area contributed by atoms with E-state index in [4.69, 9.17) is 16.7 Å². The number of carboxylic acid groups (broad SMARTS) is 1. The number of amides is 2. The zero-order chi connectivity index (χ0) is 14.4. The Hall–Kier alpha value is -1.67. The van der Waals surface area contributed by atoms with Crippen LogP contribution >= 0.6 is 27.5 Å². The molecule has 1 heterocycles. The van der Waals surface area contributed by atoms with Gasteiger partial charge in [-0.1, -0.05) is 11.6 Å². The number of carbonyl (C=O) groups excluding carboxylic acids is 2. The molecule has 0 aliphatic rings. The van der Waals surface area contributed by atoms with E-state index in [9.17, 15) is 14.4 Å². The maximum atomic E-state index is 11.7. The van der Waals surface area contributed by atoms with Crippen molar-refractivity contribution >= 4 is 45.3 Å². The lowest BCUT2D eigenvalue weighted by Crippen LogP contribution is -2.39. The SMILES string of the molecule is O=C(O)CNC(=O)CNC(=O)c1cc(Br)cnc1Cl. The summed E-state index contributed by atoms with van der Waals surface area (Å²) in [6.07, 6.45) is 1.43. The van der Waals surface area contributed by atoms with Crippen molar-refractivity contribution in [3.8, 4) is 0 Å². The molecular weight excluding hydrogens is 341 g/mol. The molecule has 1 rings (SSSR count). The van der Waals surface area contributed by atoms with Gasteiger partial charge in [-0.05, 0) is 22.0 Å². The molecule has 0 radical (unpaired) electrons. The van der Waals surface area contributed by atoms with Gasteiger partial charge in [0.05, 0.1) is 12.1 Å². The van der Waals surface area contributed by atoms with Crippen LogP contribution in [0.5, 0.6) is 0 Å². The number of carboxylic acids is 1. The lowest BCUT2D eigenvalue weighted by molar-refractivity contribution is -0.137. The maximum Gasteiger partial charge on any atom is 0.322 e. The van der Waals surface area contributed by atoms with Crippen molar-refractivity contribution in [2.75, 3.05) is 13.1 Å². The van der Waals surface area contributed by atoms with Gasteiger partial charge in [0.2, 0.25) is 5.91 Å². The molecule has 0 fully saturated rings. The van der Waals surface area contributed by atoms with Gasteiger partial charge in [-0.3, -0.25) is 14.4 Å². The molecule has 0 aromatic carbocycles. The molecule has 0 spiro atoms. The highest BCUT2D eigenvalue weighted by atomic mass is 79.9. The molecule has 0 bridgehead atoms. The monoisotopic (exact) mass is 349 g/mol. The van der Waals surface area contributed by atoms with Gasteiger partial charge in [0.1, 0.15) is 11.7 Å². The molecule has 9 heteroatoms. The van der Waals surface area contributed by atoms with E-state index in [-0.39, 0.29) is 17.3 Å². The van der Waals surface area contributed by atoms with Crippen molar-refractivity contribution < 1.29 is 19.5 Å². The molecule has 0 atom stereocenters. The highest BCUT2D eigenvalue weighted by molar-refractivity contribution is 9.10. The summed E-state index contributed by atoms with van der Waals surface area (Å²) in [5, 5.41) is 12.8. The summed E-state index contributed by atoms with van der Waals surface area (Å²) < 4.78 is 0.567. The molecule has 1 aromatic heterocycles. The van der Waals surface area contributed by atoms with Crippen LogP contribution in [0.25, 0.3) is 0 Å². The highest BCUT2D eigenvalue weighted by Crippen LogP contribution is 2.17. The second-order valence-corrected chi connectivity index (χ2v) is 4.62. The third kappa shape index (κ3) is 5.23. The van der Waals surface area contributed by atoms with Crippen LogP contribution in [-0.4, -0.2) is 41.0 Å². The summed E-state index contributed by atoms with van der Waals surface area (Å²) in [4.78, 5) is 36.9. The first-order chi connectivity index (χ1) is 8.90. The third-order valence-corrected chi connectivity index (χ3v) is 2.63. The molecule has 0 unspecified atom stereocenters. The minimum atomic E-state index is -1.17. The fourth-order valence-corrected chi connectivity index (χ4v) is 1.59. The normalized spacial score (nSPS) is 9.79. The summed E-state index contributed by atoms with van der Waals surface area (Å²) >= 11 is 8.88. The number of hydrogen-bond acceptors (Lipinski definition) is 4. The lowest BCUT2D eigenvalue weighted by Gasteiger charge is -2.06. The first kappa shape index (κ1) is 15.4. The Morgan fingerprint density at radius 2 is 2.00 bits per heavy atom. The predicted molar refractivity (Wildman–Crippen MR) is 69.9 cm³/mol. The Bertz CT molecular complexity index is 523. The zero-order valence-corrected chi connectivity index (χ0v) is 11.8. The summed E-state index contributed by atoms with van der Waals surface area (Å²) in [7, 11) is 0. The second kappa shape index (κ2) is 7.05. The molecule has 2 amide bonds. The number of nitrogens with one attached hydrogen (secondary N) is 2. The molecule has 1 aromatic rings. The smallest absolute Gasteiger partial charge is 0.322 e. The van der Waals surface area contributed by atoms with Crippen LogP contribution in [0.15, 0.2) is 16.7 Å². The zero-order valence-electron chi connectivity index (χ0n) is 9.44. The van der Waals surface area contributed by atoms with Gasteiger partial charge in [-0.2, -0.15) is 0 Å². The Labute approximate surface area is 121 Å². The van der Waals surface area contributed by atoms with Gasteiger partial charge < -0.3 is 15.7 Å². The van der Waals surface area contributed by atoms with Crippen molar-refractivity contribution in [2.24, 2.45) is 0 Å². The van der Waals surface area contributed by atoms with Crippen LogP contribution in [0.4, 0.5) is 0 Å². The van der Waals surface area contributed by atoms with E-state index in [2.05, 4.69) is 31.5 Å². The van der Waals surface area contributed by atoms with E-state index in [1.54, 1.807) is 0 Å². The number of hydrogen-bond donors (Lipinski definition) is 3. The topological polar surface area (TPSA) is 108 Å². The fraction of sp³-hybridized carbons (Fsp3) is 0.200. The van der Waals surface area contributed by atoms with Crippen molar-refractivity contribution in [2.45, 2.75) is 0 Å². The molecule has 0 aliphatic heterocycles. The van der Waals surface area contributed by atoms with E-state index >= 15 is 0 Å². The molecule has 3 N–H and O–H groups in total. The minimum absolute atomic E-state index is 0.00615. The van der Waals surface area contributed by atoms with Crippen LogP contribution in [0.1, 0.15) is 10.4 Å². The Balaban J connectivity index is 2.53. The van der Waals surface area contributed by atoms with Gasteiger partial charge in [-0.15, -0.1) is 0 Å². The number of rotatable bonds is 5. The number of pyridine rings is 1. The van der Waals surface area contributed by atoms with Gasteiger partial charge in [0.25, 0.3) is 5.91 Å². The first-order valence-electron chi connectivity index (χ1n) is 4.98. The lowest BCUT2D eigenvalue weighted by atomic mass is 10.2. The van der Waals surface area contributed by atoms with E-state index in [1.807, 2.05) is 0 Å². The number of carbonyl (C=O) groups is 3. The minimum Gasteiger partial charge on any atom is -0.480 e. The molecule has 102 valence electrons. The Kier molecular flexibility index (Phi) is 5.71. The first-order valence-corrected chi connectivity index (χ1v) is 6.15. The third-order valence-electron chi connectivity index (χ3n) is 1.90. The average Bonchev–Trinajstić information content (AvgIpc) is 2.36. The van der Waals surface area contributed by atoms with Gasteiger partial charge in [0.15, 0.2) is 0 Å². The van der Waals surface area contributed by atoms with Crippen molar-refractivity contribution in [3.05, 3.63) is 27.5 Å². The number of halogens is 2. The largest absolute Gasteiger partial charge is 0.480 e.